The van der Waals surface area contributed by atoms with Crippen molar-refractivity contribution in [3.63, 3.8) is 0 Å². The Bertz CT molecular complexity index is 528. The molecule has 2 rings (SSSR count). The fourth-order valence-electron chi connectivity index (χ4n) is 2.27. The number of halogens is 1. The smallest absolute Gasteiger partial charge is 0.371 e. The van der Waals surface area contributed by atoms with Crippen molar-refractivity contribution >= 4 is 16.2 Å². The van der Waals surface area contributed by atoms with Crippen LogP contribution in [0, 0.1) is 5.92 Å². The van der Waals surface area contributed by atoms with E-state index < -0.39 is 10.5 Å². The highest BCUT2D eigenvalue weighted by molar-refractivity contribution is 7.81. The van der Waals surface area contributed by atoms with E-state index in [4.69, 9.17) is 5.73 Å². The van der Waals surface area contributed by atoms with E-state index in [-0.39, 0.29) is 5.75 Å². The van der Waals surface area contributed by atoms with Crippen LogP contribution in [0.15, 0.2) is 24.3 Å². The summed E-state index contributed by atoms with van der Waals surface area (Å²) in [5.41, 5.74) is 6.46. The Morgan fingerprint density at radius 3 is 2.63 bits per heavy atom. The van der Waals surface area contributed by atoms with Crippen LogP contribution in [-0.4, -0.2) is 28.1 Å². The molecular weight excluding hydrogens is 271 g/mol. The molecule has 19 heavy (non-hydrogen) atoms. The van der Waals surface area contributed by atoms with Gasteiger partial charge in [0, 0.05) is 24.8 Å². The fourth-order valence-corrected chi connectivity index (χ4v) is 2.61. The van der Waals surface area contributed by atoms with E-state index in [0.29, 0.717) is 12.5 Å². The molecule has 0 atom stereocenters. The zero-order valence-corrected chi connectivity index (χ0v) is 11.3. The number of nitrogens with two attached hydrogens (primary N) is 1. The molecule has 7 heteroatoms. The van der Waals surface area contributed by atoms with E-state index in [2.05, 4.69) is 9.08 Å². The molecule has 0 spiro atoms. The summed E-state index contributed by atoms with van der Waals surface area (Å²) in [6.07, 6.45) is 2.01. The van der Waals surface area contributed by atoms with Gasteiger partial charge in [0.05, 0.1) is 0 Å². The van der Waals surface area contributed by atoms with Crippen LogP contribution >= 0.6 is 0 Å². The molecule has 1 aliphatic heterocycles. The summed E-state index contributed by atoms with van der Waals surface area (Å²) in [5.74, 6) is 0.530. The normalized spacial score (nSPS) is 17.5. The molecule has 0 radical (unpaired) electrons. The molecule has 0 bridgehead atoms. The van der Waals surface area contributed by atoms with Gasteiger partial charge in [0.1, 0.15) is 5.75 Å². The Morgan fingerprint density at radius 2 is 2.05 bits per heavy atom. The molecule has 0 amide bonds. The average Bonchev–Trinajstić information content (AvgIpc) is 2.37. The molecule has 1 aliphatic rings. The molecule has 1 aromatic carbocycles. The van der Waals surface area contributed by atoms with E-state index in [9.17, 15) is 12.3 Å². The molecule has 0 aliphatic carbocycles. The minimum atomic E-state index is -4.97. The number of piperidine rings is 1. The maximum absolute atomic E-state index is 12.5. The molecule has 1 heterocycles. The van der Waals surface area contributed by atoms with Crippen molar-refractivity contribution in [1.29, 1.82) is 0 Å². The lowest BCUT2D eigenvalue weighted by Crippen LogP contribution is -2.36. The third-order valence-corrected chi connectivity index (χ3v) is 3.72. The van der Waals surface area contributed by atoms with E-state index >= 15 is 0 Å². The van der Waals surface area contributed by atoms with Crippen LogP contribution in [0.25, 0.3) is 0 Å². The first-order valence-corrected chi connectivity index (χ1v) is 7.48. The maximum atomic E-state index is 12.5. The Morgan fingerprint density at radius 1 is 1.37 bits per heavy atom. The van der Waals surface area contributed by atoms with Crippen LogP contribution < -0.4 is 14.8 Å². The van der Waals surface area contributed by atoms with Gasteiger partial charge in [-0.25, -0.2) is 0 Å². The highest BCUT2D eigenvalue weighted by Gasteiger charge is 2.19. The van der Waals surface area contributed by atoms with Crippen LogP contribution in [-0.2, 0) is 10.5 Å². The topological polar surface area (TPSA) is 72.6 Å². The lowest BCUT2D eigenvalue weighted by atomic mass is 9.97. The molecular formula is C12H17FN2O3S. The number of hydrogen-bond acceptors (Lipinski definition) is 5. The second-order valence-electron chi connectivity index (χ2n) is 4.64. The third-order valence-electron chi connectivity index (χ3n) is 3.33. The number of rotatable bonds is 4. The molecule has 1 saturated heterocycles. The van der Waals surface area contributed by atoms with Gasteiger partial charge in [-0.2, -0.15) is 8.42 Å². The Balaban J connectivity index is 2.07. The van der Waals surface area contributed by atoms with Gasteiger partial charge in [-0.05, 0) is 37.4 Å². The second-order valence-corrected chi connectivity index (χ2v) is 5.59. The van der Waals surface area contributed by atoms with E-state index in [1.165, 1.54) is 12.1 Å². The fraction of sp³-hybridized carbons (Fsp3) is 0.500. The molecule has 1 aromatic rings. The van der Waals surface area contributed by atoms with Gasteiger partial charge in [0.2, 0.25) is 0 Å². The zero-order valence-electron chi connectivity index (χ0n) is 10.5. The molecule has 0 saturated carbocycles. The molecule has 106 valence electrons. The van der Waals surface area contributed by atoms with Crippen molar-refractivity contribution in [2.24, 2.45) is 11.7 Å². The van der Waals surface area contributed by atoms with Gasteiger partial charge >= 0.3 is 10.5 Å². The van der Waals surface area contributed by atoms with Gasteiger partial charge in [0.25, 0.3) is 0 Å². The average molecular weight is 288 g/mol. The summed E-state index contributed by atoms with van der Waals surface area (Å²) >= 11 is 0. The van der Waals surface area contributed by atoms with E-state index in [0.717, 1.165) is 31.6 Å². The predicted molar refractivity (Wildman–Crippen MR) is 71.1 cm³/mol. The first-order valence-electron chi connectivity index (χ1n) is 6.17. The number of anilines is 1. The van der Waals surface area contributed by atoms with Crippen molar-refractivity contribution in [3.8, 4) is 5.75 Å². The van der Waals surface area contributed by atoms with E-state index in [1.807, 2.05) is 6.07 Å². The SMILES string of the molecule is NCC1CCN(c2cccc(OS(=O)(=O)F)c2)CC1. The third kappa shape index (κ3) is 4.07. The lowest BCUT2D eigenvalue weighted by molar-refractivity contribution is 0.414. The standard InChI is InChI=1S/C12H17FN2O3S/c13-19(16,17)18-12-3-1-2-11(8-12)15-6-4-10(9-14)5-7-15/h1-3,8,10H,4-7,9,14H2. The largest absolute Gasteiger partial charge is 0.488 e. The van der Waals surface area contributed by atoms with Crippen molar-refractivity contribution in [2.75, 3.05) is 24.5 Å². The van der Waals surface area contributed by atoms with Gasteiger partial charge in [0.15, 0.2) is 0 Å². The summed E-state index contributed by atoms with van der Waals surface area (Å²) in [6.45, 7) is 2.40. The number of benzene rings is 1. The van der Waals surface area contributed by atoms with Crippen molar-refractivity contribution in [2.45, 2.75) is 12.8 Å². The first kappa shape index (κ1) is 14.1. The Hall–Kier alpha value is -1.34. The van der Waals surface area contributed by atoms with Crippen LogP contribution in [0.4, 0.5) is 9.57 Å². The summed E-state index contributed by atoms with van der Waals surface area (Å²) in [6, 6.07) is 6.43. The molecule has 2 N–H and O–H groups in total. The maximum Gasteiger partial charge on any atom is 0.488 e. The summed E-state index contributed by atoms with van der Waals surface area (Å²) in [5, 5.41) is 0. The number of hydrogen-bond donors (Lipinski definition) is 1. The molecule has 1 fully saturated rings. The summed E-state index contributed by atoms with van der Waals surface area (Å²) in [7, 11) is -4.97. The molecule has 0 unspecified atom stereocenters. The van der Waals surface area contributed by atoms with E-state index in [1.54, 1.807) is 6.07 Å². The van der Waals surface area contributed by atoms with Gasteiger partial charge in [-0.3, -0.25) is 0 Å². The van der Waals surface area contributed by atoms with Crippen LogP contribution in [0.2, 0.25) is 0 Å². The Kier molecular flexibility index (Phi) is 4.26. The second kappa shape index (κ2) is 5.75. The highest BCUT2D eigenvalue weighted by atomic mass is 32.3. The number of nitrogens with zero attached hydrogens (tertiary/aromatic N) is 1. The quantitative estimate of drug-likeness (QED) is 0.849. The summed E-state index contributed by atoms with van der Waals surface area (Å²) < 4.78 is 37.6. The van der Waals surface area contributed by atoms with Crippen molar-refractivity contribution < 1.29 is 16.5 Å². The highest BCUT2D eigenvalue weighted by Crippen LogP contribution is 2.26. The van der Waals surface area contributed by atoms with Crippen LogP contribution in [0.1, 0.15) is 12.8 Å². The predicted octanol–water partition coefficient (Wildman–Crippen LogP) is 1.45. The summed E-state index contributed by atoms with van der Waals surface area (Å²) in [4.78, 5) is 2.11. The molecule has 5 nitrogen and oxygen atoms in total. The molecule has 0 aromatic heterocycles. The van der Waals surface area contributed by atoms with Crippen LogP contribution in [0.5, 0.6) is 5.75 Å². The van der Waals surface area contributed by atoms with Gasteiger partial charge in [-0.15, -0.1) is 0 Å². The lowest BCUT2D eigenvalue weighted by Gasteiger charge is -2.33. The van der Waals surface area contributed by atoms with Gasteiger partial charge < -0.3 is 14.8 Å². The zero-order chi connectivity index (χ0) is 13.9. The van der Waals surface area contributed by atoms with Crippen molar-refractivity contribution in [1.82, 2.24) is 0 Å². The minimum Gasteiger partial charge on any atom is -0.371 e. The monoisotopic (exact) mass is 288 g/mol. The first-order chi connectivity index (χ1) is 8.98. The van der Waals surface area contributed by atoms with Crippen molar-refractivity contribution in [3.05, 3.63) is 24.3 Å². The minimum absolute atomic E-state index is 0.0130. The van der Waals surface area contributed by atoms with Crippen LogP contribution in [0.3, 0.4) is 0 Å². The van der Waals surface area contributed by atoms with Gasteiger partial charge in [-0.1, -0.05) is 9.95 Å². The Labute approximate surface area is 112 Å².